The fourth-order valence-corrected chi connectivity index (χ4v) is 5.14. The van der Waals surface area contributed by atoms with Crippen molar-refractivity contribution in [3.63, 3.8) is 0 Å². The van der Waals surface area contributed by atoms with Crippen LogP contribution in [0.5, 0.6) is 0 Å². The molecule has 0 spiro atoms. The molecule has 6 atom stereocenters. The zero-order chi connectivity index (χ0) is 34.5. The molecule has 47 heavy (non-hydrogen) atoms. The molecule has 10 heteroatoms. The number of hydrogen-bond acceptors (Lipinski definition) is 10. The monoisotopic (exact) mass is 668 g/mol. The van der Waals surface area contributed by atoms with Crippen molar-refractivity contribution >= 4 is 11.9 Å². The third kappa shape index (κ3) is 21.5. The maximum Gasteiger partial charge on any atom is 0.306 e. The van der Waals surface area contributed by atoms with Crippen molar-refractivity contribution in [2.24, 2.45) is 0 Å². The minimum absolute atomic E-state index is 0.211. The molecule has 0 saturated carbocycles. The van der Waals surface area contributed by atoms with E-state index in [1.54, 1.807) is 0 Å². The van der Waals surface area contributed by atoms with Gasteiger partial charge in [0.25, 0.3) is 0 Å². The van der Waals surface area contributed by atoms with Gasteiger partial charge in [0.2, 0.25) is 0 Å². The molecule has 0 amide bonds. The van der Waals surface area contributed by atoms with E-state index < -0.39 is 55.4 Å². The lowest BCUT2D eigenvalue weighted by molar-refractivity contribution is -0.305. The topological polar surface area (TPSA) is 152 Å². The van der Waals surface area contributed by atoms with Crippen LogP contribution in [0.25, 0.3) is 0 Å². The van der Waals surface area contributed by atoms with E-state index in [9.17, 15) is 30.0 Å². The molecule has 0 aromatic carbocycles. The summed E-state index contributed by atoms with van der Waals surface area (Å²) in [4.78, 5) is 25.0. The van der Waals surface area contributed by atoms with Crippen LogP contribution in [0.3, 0.4) is 0 Å². The van der Waals surface area contributed by atoms with Crippen LogP contribution in [0.1, 0.15) is 129 Å². The van der Waals surface area contributed by atoms with Crippen molar-refractivity contribution in [2.75, 3.05) is 19.8 Å². The first kappa shape index (κ1) is 42.9. The highest BCUT2D eigenvalue weighted by molar-refractivity contribution is 5.70. The van der Waals surface area contributed by atoms with E-state index in [2.05, 4.69) is 50.3 Å². The Morgan fingerprint density at radius 2 is 1.26 bits per heavy atom. The zero-order valence-electron chi connectivity index (χ0n) is 29.0. The standard InChI is InChI=1S/C37H64O10/c1-3-5-7-9-11-12-13-14-15-16-17-18-20-22-24-26-33(40)46-30(28-44-32(39)25-23-21-19-10-8-6-4-2)29-45-37-36(43)35(42)34(41)31(27-38)47-37/h5,7,11-12,14-15,30-31,34-38,41-43H,3-4,6,8-10,13,16-29H2,1-2H3/b7-5+,12-11+,15-14+/t30?,31-,34-,35+,36-,37-/m1/s1. The van der Waals surface area contributed by atoms with Crippen molar-refractivity contribution < 1.29 is 49.0 Å². The van der Waals surface area contributed by atoms with E-state index in [1.807, 2.05) is 0 Å². The van der Waals surface area contributed by atoms with Crippen molar-refractivity contribution in [1.29, 1.82) is 0 Å². The van der Waals surface area contributed by atoms with Crippen molar-refractivity contribution in [1.82, 2.24) is 0 Å². The van der Waals surface area contributed by atoms with Gasteiger partial charge in [0, 0.05) is 12.8 Å². The van der Waals surface area contributed by atoms with Gasteiger partial charge in [0.15, 0.2) is 12.4 Å². The number of ether oxygens (including phenoxy) is 4. The van der Waals surface area contributed by atoms with Crippen molar-refractivity contribution in [2.45, 2.75) is 166 Å². The van der Waals surface area contributed by atoms with Crippen LogP contribution >= 0.6 is 0 Å². The molecular weight excluding hydrogens is 604 g/mol. The molecule has 0 bridgehead atoms. The molecule has 0 aromatic heterocycles. The number of carbonyl (C=O) groups excluding carboxylic acids is 2. The summed E-state index contributed by atoms with van der Waals surface area (Å²) in [6, 6.07) is 0. The van der Waals surface area contributed by atoms with Gasteiger partial charge in [-0.15, -0.1) is 0 Å². The summed E-state index contributed by atoms with van der Waals surface area (Å²) in [7, 11) is 0. The van der Waals surface area contributed by atoms with Crippen LogP contribution < -0.4 is 0 Å². The number of allylic oxidation sites excluding steroid dienone is 6. The van der Waals surface area contributed by atoms with Crippen LogP contribution in [0.2, 0.25) is 0 Å². The quantitative estimate of drug-likeness (QED) is 0.0445. The lowest BCUT2D eigenvalue weighted by Crippen LogP contribution is -2.59. The fourth-order valence-electron chi connectivity index (χ4n) is 5.14. The first-order valence-corrected chi connectivity index (χ1v) is 18.1. The third-order valence-electron chi connectivity index (χ3n) is 8.04. The highest BCUT2D eigenvalue weighted by atomic mass is 16.7. The molecule has 1 aliphatic heterocycles. The molecule has 0 radical (unpaired) electrons. The van der Waals surface area contributed by atoms with Gasteiger partial charge in [0.05, 0.1) is 13.2 Å². The Bertz CT molecular complexity index is 871. The van der Waals surface area contributed by atoms with Gasteiger partial charge >= 0.3 is 11.9 Å². The molecular formula is C37H64O10. The number of aliphatic hydroxyl groups excluding tert-OH is 4. The first-order chi connectivity index (χ1) is 22.8. The van der Waals surface area contributed by atoms with Gasteiger partial charge in [-0.2, -0.15) is 0 Å². The number of hydrogen-bond donors (Lipinski definition) is 4. The highest BCUT2D eigenvalue weighted by Crippen LogP contribution is 2.22. The summed E-state index contributed by atoms with van der Waals surface area (Å²) in [5.41, 5.74) is 0. The summed E-state index contributed by atoms with van der Waals surface area (Å²) in [6.45, 7) is 3.21. The predicted molar refractivity (Wildman–Crippen MR) is 182 cm³/mol. The van der Waals surface area contributed by atoms with Crippen molar-refractivity contribution in [3.05, 3.63) is 36.5 Å². The molecule has 0 aliphatic carbocycles. The minimum Gasteiger partial charge on any atom is -0.462 e. The van der Waals surface area contributed by atoms with E-state index in [1.165, 1.54) is 19.3 Å². The number of esters is 2. The summed E-state index contributed by atoms with van der Waals surface area (Å²) < 4.78 is 21.9. The summed E-state index contributed by atoms with van der Waals surface area (Å²) in [5, 5.41) is 39.8. The van der Waals surface area contributed by atoms with E-state index >= 15 is 0 Å². The van der Waals surface area contributed by atoms with Crippen LogP contribution in [-0.2, 0) is 28.5 Å². The Hall–Kier alpha value is -2.08. The molecule has 1 saturated heterocycles. The lowest BCUT2D eigenvalue weighted by Gasteiger charge is -2.39. The molecule has 1 aliphatic rings. The summed E-state index contributed by atoms with van der Waals surface area (Å²) in [5.74, 6) is -0.838. The summed E-state index contributed by atoms with van der Waals surface area (Å²) in [6.07, 6.45) is 21.8. The van der Waals surface area contributed by atoms with Crippen molar-refractivity contribution in [3.8, 4) is 0 Å². The van der Waals surface area contributed by atoms with Gasteiger partial charge in [0.1, 0.15) is 31.0 Å². The number of rotatable bonds is 28. The summed E-state index contributed by atoms with van der Waals surface area (Å²) >= 11 is 0. The van der Waals surface area contributed by atoms with Gasteiger partial charge in [-0.25, -0.2) is 0 Å². The molecule has 10 nitrogen and oxygen atoms in total. The second-order valence-electron chi connectivity index (χ2n) is 12.3. The third-order valence-corrected chi connectivity index (χ3v) is 8.04. The van der Waals surface area contributed by atoms with E-state index in [4.69, 9.17) is 18.9 Å². The van der Waals surface area contributed by atoms with Gasteiger partial charge < -0.3 is 39.4 Å². The number of aliphatic hydroxyl groups is 4. The fraction of sp³-hybridized carbons (Fsp3) is 0.784. The SMILES string of the molecule is CC/C=C/C/C=C/C/C=C/CCCCCCCC(=O)OC(COC(=O)CCCCCCCCC)CO[C@@H]1O[C@H](CO)[C@@H](O)[C@H](O)[C@H]1O. The zero-order valence-corrected chi connectivity index (χ0v) is 29.0. The van der Waals surface area contributed by atoms with Crippen LogP contribution in [0.15, 0.2) is 36.5 Å². The molecule has 1 rings (SSSR count). The Kier molecular flexibility index (Phi) is 26.4. The molecule has 1 heterocycles. The Morgan fingerprint density at radius 3 is 1.89 bits per heavy atom. The van der Waals surface area contributed by atoms with E-state index in [0.29, 0.717) is 6.42 Å². The Morgan fingerprint density at radius 1 is 0.681 bits per heavy atom. The molecule has 272 valence electrons. The lowest BCUT2D eigenvalue weighted by atomic mass is 9.99. The van der Waals surface area contributed by atoms with E-state index in [-0.39, 0.29) is 26.1 Å². The molecule has 0 aromatic rings. The Balaban J connectivity index is 2.42. The maximum absolute atomic E-state index is 12.6. The average Bonchev–Trinajstić information content (AvgIpc) is 3.06. The predicted octanol–water partition coefficient (Wildman–Crippen LogP) is 5.99. The Labute approximate surface area is 283 Å². The number of carbonyl (C=O) groups is 2. The second kappa shape index (κ2) is 28.9. The minimum atomic E-state index is -1.59. The highest BCUT2D eigenvalue weighted by Gasteiger charge is 2.44. The molecule has 1 unspecified atom stereocenters. The van der Waals surface area contributed by atoms with Crippen LogP contribution in [0, 0.1) is 0 Å². The normalized spacial score (nSPS) is 22.4. The van der Waals surface area contributed by atoms with Gasteiger partial charge in [-0.1, -0.05) is 108 Å². The average molecular weight is 669 g/mol. The molecule has 1 fully saturated rings. The smallest absolute Gasteiger partial charge is 0.306 e. The van der Waals surface area contributed by atoms with Crippen LogP contribution in [-0.4, -0.2) is 89.0 Å². The van der Waals surface area contributed by atoms with E-state index in [0.717, 1.165) is 77.0 Å². The largest absolute Gasteiger partial charge is 0.462 e. The first-order valence-electron chi connectivity index (χ1n) is 18.1. The second-order valence-corrected chi connectivity index (χ2v) is 12.3. The van der Waals surface area contributed by atoms with Gasteiger partial charge in [-0.3, -0.25) is 9.59 Å². The molecule has 4 N–H and O–H groups in total. The maximum atomic E-state index is 12.6. The van der Waals surface area contributed by atoms with Crippen LogP contribution in [0.4, 0.5) is 0 Å². The van der Waals surface area contributed by atoms with Gasteiger partial charge in [-0.05, 0) is 44.9 Å². The number of unbranched alkanes of at least 4 members (excludes halogenated alkanes) is 11.